The average Bonchev–Trinajstić information content (AvgIpc) is 2.55. The summed E-state index contributed by atoms with van der Waals surface area (Å²) < 4.78 is 5.45. The van der Waals surface area contributed by atoms with E-state index in [1.165, 1.54) is 6.07 Å². The molecule has 0 saturated carbocycles. The second-order valence-electron chi connectivity index (χ2n) is 4.56. The molecule has 2 rings (SSSR count). The minimum Gasteiger partial charge on any atom is -0.491 e. The predicted molar refractivity (Wildman–Crippen MR) is 81.3 cm³/mol. The van der Waals surface area contributed by atoms with E-state index in [0.29, 0.717) is 6.61 Å². The SMILES string of the molecule is CCc1ccc(C(=O)O)c(OOCCOc2ccccc2)c1. The molecule has 0 heterocycles. The number of aromatic carboxylic acids is 1. The van der Waals surface area contributed by atoms with Crippen molar-refractivity contribution in [3.8, 4) is 11.5 Å². The zero-order chi connectivity index (χ0) is 15.8. The molecule has 0 bridgehead atoms. The fraction of sp³-hybridized carbons (Fsp3) is 0.235. The summed E-state index contributed by atoms with van der Waals surface area (Å²) in [5.74, 6) is -0.112. The zero-order valence-corrected chi connectivity index (χ0v) is 12.3. The summed E-state index contributed by atoms with van der Waals surface area (Å²) in [5.41, 5.74) is 1.05. The van der Waals surface area contributed by atoms with Gasteiger partial charge in [0.05, 0.1) is 0 Å². The number of aryl methyl sites for hydroxylation is 1. The van der Waals surface area contributed by atoms with Crippen molar-refractivity contribution >= 4 is 5.97 Å². The van der Waals surface area contributed by atoms with Gasteiger partial charge in [-0.15, -0.1) is 0 Å². The molecule has 0 aromatic heterocycles. The largest absolute Gasteiger partial charge is 0.491 e. The number of ether oxygens (including phenoxy) is 1. The van der Waals surface area contributed by atoms with Crippen LogP contribution in [0.3, 0.4) is 0 Å². The van der Waals surface area contributed by atoms with Gasteiger partial charge in [0.2, 0.25) is 0 Å². The summed E-state index contributed by atoms with van der Waals surface area (Å²) in [6.45, 7) is 2.47. The van der Waals surface area contributed by atoms with Crippen LogP contribution < -0.4 is 9.62 Å². The lowest BCUT2D eigenvalue weighted by Gasteiger charge is -2.10. The maximum Gasteiger partial charge on any atom is 0.339 e. The normalized spacial score (nSPS) is 10.2. The Labute approximate surface area is 129 Å². The third-order valence-corrected chi connectivity index (χ3v) is 3.01. The lowest BCUT2D eigenvalue weighted by atomic mass is 10.1. The minimum absolute atomic E-state index is 0.0705. The van der Waals surface area contributed by atoms with Crippen LogP contribution >= 0.6 is 0 Å². The van der Waals surface area contributed by atoms with E-state index in [1.54, 1.807) is 12.1 Å². The lowest BCUT2D eigenvalue weighted by molar-refractivity contribution is -0.211. The first-order valence-electron chi connectivity index (χ1n) is 7.04. The van der Waals surface area contributed by atoms with Crippen molar-refractivity contribution in [1.29, 1.82) is 0 Å². The highest BCUT2D eigenvalue weighted by Gasteiger charge is 2.12. The number of carboxylic acid groups (broad SMARTS) is 1. The van der Waals surface area contributed by atoms with Crippen LogP contribution in [-0.2, 0) is 11.3 Å². The molecule has 0 aliphatic heterocycles. The average molecular weight is 302 g/mol. The highest BCUT2D eigenvalue weighted by molar-refractivity contribution is 5.90. The quantitative estimate of drug-likeness (QED) is 0.460. The fourth-order valence-electron chi connectivity index (χ4n) is 1.85. The van der Waals surface area contributed by atoms with Crippen LogP contribution in [0.25, 0.3) is 0 Å². The van der Waals surface area contributed by atoms with Crippen LogP contribution in [0.15, 0.2) is 48.5 Å². The molecule has 0 saturated heterocycles. The molecule has 116 valence electrons. The van der Waals surface area contributed by atoms with Gasteiger partial charge in [-0.1, -0.05) is 31.2 Å². The summed E-state index contributed by atoms with van der Waals surface area (Å²) >= 11 is 0. The molecule has 22 heavy (non-hydrogen) atoms. The molecular formula is C17H18O5. The fourth-order valence-corrected chi connectivity index (χ4v) is 1.85. The zero-order valence-electron chi connectivity index (χ0n) is 12.3. The molecule has 0 fully saturated rings. The van der Waals surface area contributed by atoms with Gasteiger partial charge in [-0.2, -0.15) is 4.89 Å². The Hall–Kier alpha value is -2.53. The van der Waals surface area contributed by atoms with E-state index in [0.717, 1.165) is 17.7 Å². The van der Waals surface area contributed by atoms with Gasteiger partial charge in [0.25, 0.3) is 0 Å². The number of hydrogen-bond acceptors (Lipinski definition) is 4. The van der Waals surface area contributed by atoms with Crippen molar-refractivity contribution in [3.63, 3.8) is 0 Å². The standard InChI is InChI=1S/C17H18O5/c1-2-13-8-9-15(17(18)19)16(12-13)22-21-11-10-20-14-6-4-3-5-7-14/h3-9,12H,2,10-11H2,1H3,(H,18,19). The molecule has 0 atom stereocenters. The first kappa shape index (κ1) is 15.9. The Morgan fingerprint density at radius 3 is 2.55 bits per heavy atom. The summed E-state index contributed by atoms with van der Waals surface area (Å²) in [4.78, 5) is 21.3. The van der Waals surface area contributed by atoms with Crippen LogP contribution in [0, 0.1) is 0 Å². The van der Waals surface area contributed by atoms with Gasteiger partial charge in [0, 0.05) is 0 Å². The topological polar surface area (TPSA) is 65.0 Å². The highest BCUT2D eigenvalue weighted by Crippen LogP contribution is 2.21. The summed E-state index contributed by atoms with van der Waals surface area (Å²) in [6.07, 6.45) is 0.785. The maximum absolute atomic E-state index is 11.1. The molecule has 0 amide bonds. The molecular weight excluding hydrogens is 284 g/mol. The van der Waals surface area contributed by atoms with E-state index in [4.69, 9.17) is 19.6 Å². The van der Waals surface area contributed by atoms with E-state index in [2.05, 4.69) is 0 Å². The van der Waals surface area contributed by atoms with Crippen LogP contribution in [0.2, 0.25) is 0 Å². The molecule has 5 heteroatoms. The predicted octanol–water partition coefficient (Wildman–Crippen LogP) is 3.34. The number of rotatable bonds is 8. The molecule has 2 aromatic rings. The van der Waals surface area contributed by atoms with Crippen molar-refractivity contribution in [1.82, 2.24) is 0 Å². The van der Waals surface area contributed by atoms with Gasteiger partial charge in [-0.25, -0.2) is 4.79 Å². The molecule has 1 N–H and O–H groups in total. The lowest BCUT2D eigenvalue weighted by Crippen LogP contribution is -2.11. The number of benzene rings is 2. The van der Waals surface area contributed by atoms with Gasteiger partial charge in [-0.05, 0) is 36.2 Å². The Morgan fingerprint density at radius 2 is 1.86 bits per heavy atom. The van der Waals surface area contributed by atoms with Gasteiger partial charge in [-0.3, -0.25) is 0 Å². The Kier molecular flexibility index (Phi) is 5.80. The van der Waals surface area contributed by atoms with Gasteiger partial charge >= 0.3 is 5.97 Å². The Bertz CT molecular complexity index is 610. The summed E-state index contributed by atoms with van der Waals surface area (Å²) in [5, 5.41) is 9.12. The van der Waals surface area contributed by atoms with E-state index < -0.39 is 5.97 Å². The second kappa shape index (κ2) is 8.05. The molecule has 0 aliphatic rings. The van der Waals surface area contributed by atoms with Gasteiger partial charge in [0.15, 0.2) is 5.75 Å². The highest BCUT2D eigenvalue weighted by atomic mass is 17.2. The number of carbonyl (C=O) groups is 1. The number of hydrogen-bond donors (Lipinski definition) is 1. The third kappa shape index (κ3) is 4.49. The van der Waals surface area contributed by atoms with Crippen LogP contribution in [0.1, 0.15) is 22.8 Å². The maximum atomic E-state index is 11.1. The van der Waals surface area contributed by atoms with E-state index in [-0.39, 0.29) is 17.9 Å². The number of para-hydroxylation sites is 1. The van der Waals surface area contributed by atoms with E-state index in [1.807, 2.05) is 37.3 Å². The molecule has 0 unspecified atom stereocenters. The first-order valence-corrected chi connectivity index (χ1v) is 7.04. The molecule has 2 aromatic carbocycles. The Morgan fingerprint density at radius 1 is 1.09 bits per heavy atom. The summed E-state index contributed by atoms with van der Waals surface area (Å²) in [7, 11) is 0. The smallest absolute Gasteiger partial charge is 0.339 e. The molecule has 5 nitrogen and oxygen atoms in total. The Balaban J connectivity index is 1.84. The van der Waals surface area contributed by atoms with Gasteiger partial charge < -0.3 is 14.7 Å². The van der Waals surface area contributed by atoms with E-state index in [9.17, 15) is 4.79 Å². The molecule has 0 spiro atoms. The minimum atomic E-state index is -1.05. The van der Waals surface area contributed by atoms with Crippen LogP contribution in [0.4, 0.5) is 0 Å². The van der Waals surface area contributed by atoms with Crippen molar-refractivity contribution in [3.05, 3.63) is 59.7 Å². The summed E-state index contributed by atoms with van der Waals surface area (Å²) in [6, 6.07) is 14.3. The van der Waals surface area contributed by atoms with Crippen LogP contribution in [0.5, 0.6) is 11.5 Å². The van der Waals surface area contributed by atoms with Crippen molar-refractivity contribution in [2.45, 2.75) is 13.3 Å². The third-order valence-electron chi connectivity index (χ3n) is 3.01. The van der Waals surface area contributed by atoms with Crippen molar-refractivity contribution < 1.29 is 24.4 Å². The second-order valence-corrected chi connectivity index (χ2v) is 4.56. The monoisotopic (exact) mass is 302 g/mol. The first-order chi connectivity index (χ1) is 10.7. The molecule has 0 radical (unpaired) electrons. The van der Waals surface area contributed by atoms with Gasteiger partial charge in [0.1, 0.15) is 24.5 Å². The van der Waals surface area contributed by atoms with E-state index >= 15 is 0 Å². The van der Waals surface area contributed by atoms with Crippen molar-refractivity contribution in [2.75, 3.05) is 13.2 Å². The molecule has 0 aliphatic carbocycles. The number of carboxylic acids is 1. The van der Waals surface area contributed by atoms with Crippen LogP contribution in [-0.4, -0.2) is 24.3 Å². The van der Waals surface area contributed by atoms with Crippen molar-refractivity contribution in [2.24, 2.45) is 0 Å².